The van der Waals surface area contributed by atoms with E-state index in [1.165, 1.54) is 27.9 Å². The monoisotopic (exact) mass is 407 g/mol. The molecule has 1 aliphatic rings. The lowest BCUT2D eigenvalue weighted by Gasteiger charge is -2.33. The number of ether oxygens (including phenoxy) is 3. The van der Waals surface area contributed by atoms with Gasteiger partial charge in [0.2, 0.25) is 9.69 Å². The zero-order chi connectivity index (χ0) is 19.0. The molecule has 0 spiro atoms. The van der Waals surface area contributed by atoms with Crippen molar-refractivity contribution in [1.82, 2.24) is 0 Å². The molecule has 2 rings (SSSR count). The second-order valence-corrected chi connectivity index (χ2v) is 8.29. The third kappa shape index (κ3) is 3.86. The fraction of sp³-hybridized carbons (Fsp3) is 0.438. The van der Waals surface area contributed by atoms with Gasteiger partial charge in [0.15, 0.2) is 5.60 Å². The molecule has 136 valence electrons. The van der Waals surface area contributed by atoms with E-state index in [1.807, 2.05) is 0 Å². The van der Waals surface area contributed by atoms with E-state index in [0.717, 1.165) is 0 Å². The van der Waals surface area contributed by atoms with E-state index in [0.29, 0.717) is 11.3 Å². The molecule has 0 aromatic heterocycles. The van der Waals surface area contributed by atoms with Crippen molar-refractivity contribution < 1.29 is 23.8 Å². The molecule has 9 heteroatoms. The number of hydrogen-bond acceptors (Lipinski definition) is 6. The number of hydrogen-bond donors (Lipinski definition) is 0. The van der Waals surface area contributed by atoms with E-state index in [2.05, 4.69) is 4.99 Å². The number of alkyl halides is 3. The van der Waals surface area contributed by atoms with Gasteiger partial charge in [-0.25, -0.2) is 14.6 Å². The second kappa shape index (κ2) is 6.67. The number of carbonyl (C=O) groups is 2. The molecule has 1 aromatic rings. The lowest BCUT2D eigenvalue weighted by Crippen LogP contribution is -2.49. The number of aliphatic imine (C=N–C) groups is 1. The van der Waals surface area contributed by atoms with E-state index in [9.17, 15) is 9.59 Å². The molecule has 6 nitrogen and oxygen atoms in total. The van der Waals surface area contributed by atoms with Crippen molar-refractivity contribution in [2.24, 2.45) is 4.99 Å². The molecule has 0 amide bonds. The highest BCUT2D eigenvalue weighted by molar-refractivity contribution is 6.68. The van der Waals surface area contributed by atoms with Crippen LogP contribution < -0.4 is 4.74 Å². The maximum Gasteiger partial charge on any atom is 0.352 e. The quantitative estimate of drug-likeness (QED) is 0.433. The highest BCUT2D eigenvalue weighted by Gasteiger charge is 2.54. The SMILES string of the molecule is COc1ccc(C2=N[C@](C)(C(=O)OC(C)(C)C(Cl)(Cl)Cl)C(=O)O2)cc1. The van der Waals surface area contributed by atoms with Crippen molar-refractivity contribution in [3.63, 3.8) is 0 Å². The van der Waals surface area contributed by atoms with Gasteiger partial charge in [-0.1, -0.05) is 34.8 Å². The third-order valence-corrected chi connectivity index (χ3v) is 5.04. The summed E-state index contributed by atoms with van der Waals surface area (Å²) in [6.45, 7) is 4.11. The van der Waals surface area contributed by atoms with Crippen molar-refractivity contribution in [2.75, 3.05) is 7.11 Å². The highest BCUT2D eigenvalue weighted by atomic mass is 35.6. The Morgan fingerprint density at radius 1 is 1.20 bits per heavy atom. The molecule has 0 unspecified atom stereocenters. The Bertz CT molecular complexity index is 724. The fourth-order valence-electron chi connectivity index (χ4n) is 1.83. The minimum atomic E-state index is -1.89. The summed E-state index contributed by atoms with van der Waals surface area (Å²) in [4.78, 5) is 28.8. The van der Waals surface area contributed by atoms with Crippen LogP contribution in [0.3, 0.4) is 0 Å². The lowest BCUT2D eigenvalue weighted by atomic mass is 10.0. The van der Waals surface area contributed by atoms with E-state index in [-0.39, 0.29) is 5.90 Å². The first-order valence-corrected chi connectivity index (χ1v) is 8.31. The third-order valence-electron chi connectivity index (χ3n) is 3.68. The Morgan fingerprint density at radius 2 is 1.76 bits per heavy atom. The average molecular weight is 409 g/mol. The van der Waals surface area contributed by atoms with Gasteiger partial charge in [0, 0.05) is 5.56 Å². The average Bonchev–Trinajstić information content (AvgIpc) is 2.83. The molecule has 0 saturated carbocycles. The number of benzene rings is 1. The molecule has 0 radical (unpaired) electrons. The number of cyclic esters (lactones) is 1. The van der Waals surface area contributed by atoms with Crippen LogP contribution >= 0.6 is 34.8 Å². The van der Waals surface area contributed by atoms with Crippen molar-refractivity contribution in [3.05, 3.63) is 29.8 Å². The molecule has 0 bridgehead atoms. The molecular weight excluding hydrogens is 393 g/mol. The normalized spacial score (nSPS) is 20.8. The first kappa shape index (κ1) is 19.8. The molecule has 1 aliphatic heterocycles. The Balaban J connectivity index is 2.28. The van der Waals surface area contributed by atoms with Crippen LogP contribution in [0.5, 0.6) is 5.75 Å². The van der Waals surface area contributed by atoms with Gasteiger partial charge in [-0.05, 0) is 45.0 Å². The molecule has 1 aromatic carbocycles. The van der Waals surface area contributed by atoms with Crippen LogP contribution in [0.4, 0.5) is 0 Å². The molecule has 0 aliphatic carbocycles. The molecule has 1 heterocycles. The Labute approximate surface area is 160 Å². The molecule has 25 heavy (non-hydrogen) atoms. The van der Waals surface area contributed by atoms with E-state index in [4.69, 9.17) is 49.0 Å². The maximum absolute atomic E-state index is 12.5. The lowest BCUT2D eigenvalue weighted by molar-refractivity contribution is -0.166. The van der Waals surface area contributed by atoms with Gasteiger partial charge in [-0.2, -0.15) is 0 Å². The van der Waals surface area contributed by atoms with Crippen molar-refractivity contribution in [3.8, 4) is 5.75 Å². The van der Waals surface area contributed by atoms with Crippen LogP contribution in [0, 0.1) is 0 Å². The minimum Gasteiger partial charge on any atom is -0.497 e. The topological polar surface area (TPSA) is 74.2 Å². The number of esters is 2. The van der Waals surface area contributed by atoms with Gasteiger partial charge < -0.3 is 14.2 Å². The smallest absolute Gasteiger partial charge is 0.352 e. The van der Waals surface area contributed by atoms with Crippen LogP contribution in [-0.2, 0) is 19.1 Å². The number of methoxy groups -OCH3 is 1. The van der Waals surface area contributed by atoms with Crippen molar-refractivity contribution >= 4 is 52.6 Å². The van der Waals surface area contributed by atoms with Crippen LogP contribution in [-0.4, -0.2) is 39.9 Å². The summed E-state index contributed by atoms with van der Waals surface area (Å²) in [5.74, 6) is -1.22. The van der Waals surface area contributed by atoms with Crippen LogP contribution in [0.25, 0.3) is 0 Å². The van der Waals surface area contributed by atoms with E-state index in [1.54, 1.807) is 24.3 Å². The van der Waals surface area contributed by atoms with Crippen LogP contribution in [0.15, 0.2) is 29.3 Å². The predicted molar refractivity (Wildman–Crippen MR) is 94.5 cm³/mol. The standard InChI is InChI=1S/C16H16Cl3NO5/c1-14(2,16(17,18)19)25-13(22)15(3)12(21)24-11(20-15)9-5-7-10(23-4)8-6-9/h5-8H,1-4H3/t15-/m0/s1. The molecule has 0 N–H and O–H groups in total. The second-order valence-electron chi connectivity index (χ2n) is 6.00. The summed E-state index contributed by atoms with van der Waals surface area (Å²) in [7, 11) is 1.53. The summed E-state index contributed by atoms with van der Waals surface area (Å²) in [6.07, 6.45) is 0. The molecule has 0 saturated heterocycles. The van der Waals surface area contributed by atoms with Crippen LogP contribution in [0.2, 0.25) is 0 Å². The Hall–Kier alpha value is -1.50. The molecule has 0 fully saturated rings. The largest absolute Gasteiger partial charge is 0.497 e. The molecule has 1 atom stereocenters. The summed E-state index contributed by atoms with van der Waals surface area (Å²) >= 11 is 17.4. The van der Waals surface area contributed by atoms with Gasteiger partial charge in [0.1, 0.15) is 5.75 Å². The first-order valence-electron chi connectivity index (χ1n) is 7.17. The van der Waals surface area contributed by atoms with Crippen molar-refractivity contribution in [1.29, 1.82) is 0 Å². The highest BCUT2D eigenvalue weighted by Crippen LogP contribution is 2.41. The van der Waals surface area contributed by atoms with E-state index >= 15 is 0 Å². The van der Waals surface area contributed by atoms with Crippen molar-refractivity contribution in [2.45, 2.75) is 35.7 Å². The summed E-state index contributed by atoms with van der Waals surface area (Å²) in [5, 5.41) is 0. The van der Waals surface area contributed by atoms with Gasteiger partial charge in [0.25, 0.3) is 5.54 Å². The van der Waals surface area contributed by atoms with Gasteiger partial charge in [-0.3, -0.25) is 0 Å². The van der Waals surface area contributed by atoms with Gasteiger partial charge in [-0.15, -0.1) is 0 Å². The Morgan fingerprint density at radius 3 is 2.24 bits per heavy atom. The van der Waals surface area contributed by atoms with Crippen LogP contribution in [0.1, 0.15) is 26.3 Å². The first-order chi connectivity index (χ1) is 11.4. The maximum atomic E-state index is 12.5. The number of nitrogens with zero attached hydrogens (tertiary/aromatic N) is 1. The molecular formula is C16H16Cl3NO5. The number of carbonyl (C=O) groups excluding carboxylic acids is 2. The summed E-state index contributed by atoms with van der Waals surface area (Å²) in [5.41, 5.74) is -2.86. The zero-order valence-corrected chi connectivity index (χ0v) is 16.2. The summed E-state index contributed by atoms with van der Waals surface area (Å²) < 4.78 is 13.5. The fourth-order valence-corrected chi connectivity index (χ4v) is 1.95. The number of halogens is 3. The van der Waals surface area contributed by atoms with Gasteiger partial charge >= 0.3 is 11.9 Å². The minimum absolute atomic E-state index is 0.00112. The zero-order valence-electron chi connectivity index (χ0n) is 13.9. The summed E-state index contributed by atoms with van der Waals surface area (Å²) in [6, 6.07) is 6.64. The van der Waals surface area contributed by atoms with Gasteiger partial charge in [0.05, 0.1) is 7.11 Å². The predicted octanol–water partition coefficient (Wildman–Crippen LogP) is 3.45. The number of rotatable bonds is 4. The van der Waals surface area contributed by atoms with E-state index < -0.39 is 26.9 Å². The Kier molecular flexibility index (Phi) is 5.28.